The Morgan fingerprint density at radius 2 is 1.36 bits per heavy atom. The summed E-state index contributed by atoms with van der Waals surface area (Å²) in [6, 6.07) is 17.3. The van der Waals surface area contributed by atoms with E-state index in [2.05, 4.69) is 50.6 Å². The molecule has 0 atom stereocenters. The van der Waals surface area contributed by atoms with Crippen molar-refractivity contribution in [3.8, 4) is 0 Å². The first-order valence-corrected chi connectivity index (χ1v) is 16.6. The minimum Gasteiger partial charge on any atom is -0.219 e. The smallest absolute Gasteiger partial charge is 0.198 e. The second-order valence-electron chi connectivity index (χ2n) is 8.18. The van der Waals surface area contributed by atoms with Crippen LogP contribution in [0.15, 0.2) is 69.7 Å². The van der Waals surface area contributed by atoms with E-state index in [1.54, 1.807) is 12.1 Å². The van der Waals surface area contributed by atoms with Gasteiger partial charge in [-0.05, 0) is 19.1 Å². The third-order valence-corrected chi connectivity index (χ3v) is 13.0. The standard InChI is InChI=1S/C20H28O2SSi2/c1-17-12-14-18(15-13-17)23(21,22)20(16-24(2,3)4)25(5,6)19-10-8-7-9-11-19/h7-16H,1-6H3/b20-16+. The molecule has 2 aromatic carbocycles. The predicted molar refractivity (Wildman–Crippen MR) is 113 cm³/mol. The Bertz CT molecular complexity index is 860. The first-order valence-electron chi connectivity index (χ1n) is 8.55. The lowest BCUT2D eigenvalue weighted by Crippen LogP contribution is -2.47. The highest BCUT2D eigenvalue weighted by Gasteiger charge is 2.38. The molecule has 0 unspecified atom stereocenters. The maximum Gasteiger partial charge on any atom is 0.198 e. The summed E-state index contributed by atoms with van der Waals surface area (Å²) in [5, 5.41) is 1.15. The summed E-state index contributed by atoms with van der Waals surface area (Å²) >= 11 is 0. The molecule has 0 bridgehead atoms. The molecule has 5 heteroatoms. The van der Waals surface area contributed by atoms with Gasteiger partial charge in [0, 0.05) is 4.53 Å². The maximum atomic E-state index is 13.5. The zero-order valence-corrected chi connectivity index (χ0v) is 18.8. The van der Waals surface area contributed by atoms with E-state index in [9.17, 15) is 8.42 Å². The molecule has 0 heterocycles. The largest absolute Gasteiger partial charge is 0.219 e. The number of sulfone groups is 1. The highest BCUT2D eigenvalue weighted by molar-refractivity contribution is 7.98. The third kappa shape index (κ3) is 4.60. The van der Waals surface area contributed by atoms with Gasteiger partial charge in [-0.1, -0.05) is 91.6 Å². The van der Waals surface area contributed by atoms with Crippen LogP contribution in [0, 0.1) is 6.92 Å². The molecule has 0 aliphatic carbocycles. The molecular formula is C20H28O2SSi2. The zero-order valence-electron chi connectivity index (χ0n) is 16.0. The molecule has 0 aromatic heterocycles. The molecule has 2 rings (SSSR count). The highest BCUT2D eigenvalue weighted by Crippen LogP contribution is 2.29. The Morgan fingerprint density at radius 1 is 0.840 bits per heavy atom. The molecular weight excluding hydrogens is 360 g/mol. The second kappa shape index (κ2) is 7.06. The Labute approximate surface area is 154 Å². The molecule has 0 radical (unpaired) electrons. The van der Waals surface area contributed by atoms with E-state index >= 15 is 0 Å². The van der Waals surface area contributed by atoms with Crippen molar-refractivity contribution in [3.05, 3.63) is 70.4 Å². The first kappa shape index (κ1) is 19.9. The molecule has 0 saturated carbocycles. The number of hydrogen-bond acceptors (Lipinski definition) is 2. The van der Waals surface area contributed by atoms with Crippen LogP contribution in [-0.4, -0.2) is 24.6 Å². The average molecular weight is 389 g/mol. The zero-order chi connectivity index (χ0) is 18.9. The van der Waals surface area contributed by atoms with Gasteiger partial charge >= 0.3 is 0 Å². The minimum atomic E-state index is -3.50. The van der Waals surface area contributed by atoms with Gasteiger partial charge in [0.15, 0.2) is 9.84 Å². The van der Waals surface area contributed by atoms with Gasteiger partial charge < -0.3 is 0 Å². The SMILES string of the molecule is Cc1ccc(S(=O)(=O)/C(=C\[Si](C)(C)C)[Si](C)(C)c2ccccc2)cc1. The van der Waals surface area contributed by atoms with Gasteiger partial charge in [-0.25, -0.2) is 8.42 Å². The Balaban J connectivity index is 2.70. The lowest BCUT2D eigenvalue weighted by molar-refractivity contribution is 0.603. The van der Waals surface area contributed by atoms with Gasteiger partial charge in [0.25, 0.3) is 0 Å². The van der Waals surface area contributed by atoms with Crippen LogP contribution in [0.3, 0.4) is 0 Å². The van der Waals surface area contributed by atoms with Gasteiger partial charge in [-0.15, -0.1) is 0 Å². The van der Waals surface area contributed by atoms with Gasteiger partial charge in [-0.2, -0.15) is 0 Å². The summed E-state index contributed by atoms with van der Waals surface area (Å²) in [7, 11) is -7.56. The molecule has 0 fully saturated rings. The van der Waals surface area contributed by atoms with E-state index in [-0.39, 0.29) is 0 Å². The molecule has 25 heavy (non-hydrogen) atoms. The second-order valence-corrected chi connectivity index (χ2v) is 19.8. The van der Waals surface area contributed by atoms with Gasteiger partial charge in [0.2, 0.25) is 0 Å². The normalized spacial score (nSPS) is 13.8. The molecule has 2 nitrogen and oxygen atoms in total. The number of aryl methyl sites for hydroxylation is 1. The quantitative estimate of drug-likeness (QED) is 0.697. The van der Waals surface area contributed by atoms with E-state index < -0.39 is 26.0 Å². The molecule has 0 amide bonds. The molecule has 134 valence electrons. The molecule has 0 aliphatic rings. The third-order valence-electron chi connectivity index (χ3n) is 4.30. The molecule has 0 N–H and O–H groups in total. The summed E-state index contributed by atoms with van der Waals surface area (Å²) in [6.45, 7) is 12.8. The fourth-order valence-corrected chi connectivity index (χ4v) is 13.5. The lowest BCUT2D eigenvalue weighted by atomic mass is 10.2. The van der Waals surface area contributed by atoms with Gasteiger partial charge in [-0.3, -0.25) is 0 Å². The number of benzene rings is 2. The van der Waals surface area contributed by atoms with Gasteiger partial charge in [0.1, 0.15) is 8.07 Å². The molecule has 2 aromatic rings. The lowest BCUT2D eigenvalue weighted by Gasteiger charge is -2.29. The maximum absolute atomic E-state index is 13.5. The molecule has 0 saturated heterocycles. The summed E-state index contributed by atoms with van der Waals surface area (Å²) in [5.41, 5.74) is 3.16. The minimum absolute atomic E-state index is 0.402. The van der Waals surface area contributed by atoms with E-state index in [1.807, 2.05) is 37.3 Å². The van der Waals surface area contributed by atoms with Crippen molar-refractivity contribution in [1.29, 1.82) is 0 Å². The van der Waals surface area contributed by atoms with Crippen LogP contribution in [0.4, 0.5) is 0 Å². The van der Waals surface area contributed by atoms with Crippen molar-refractivity contribution in [3.63, 3.8) is 0 Å². The Morgan fingerprint density at radius 3 is 1.84 bits per heavy atom. The highest BCUT2D eigenvalue weighted by atomic mass is 32.2. The fourth-order valence-electron chi connectivity index (χ4n) is 2.83. The van der Waals surface area contributed by atoms with Crippen LogP contribution in [0.25, 0.3) is 0 Å². The predicted octanol–water partition coefficient (Wildman–Crippen LogP) is 4.68. The van der Waals surface area contributed by atoms with E-state index in [4.69, 9.17) is 0 Å². The molecule has 0 spiro atoms. The first-order chi connectivity index (χ1) is 11.4. The van der Waals surface area contributed by atoms with Crippen molar-refractivity contribution in [2.24, 2.45) is 0 Å². The van der Waals surface area contributed by atoms with Crippen LogP contribution in [0.5, 0.6) is 0 Å². The summed E-state index contributed by atoms with van der Waals surface area (Å²) in [5.74, 6) is 0. The number of hydrogen-bond donors (Lipinski definition) is 0. The van der Waals surface area contributed by atoms with Gasteiger partial charge in [0.05, 0.1) is 13.0 Å². The monoisotopic (exact) mass is 388 g/mol. The van der Waals surface area contributed by atoms with Crippen LogP contribution in [0.1, 0.15) is 5.56 Å². The molecule has 0 aliphatic heterocycles. The van der Waals surface area contributed by atoms with Crippen LogP contribution in [-0.2, 0) is 9.84 Å². The summed E-state index contributed by atoms with van der Waals surface area (Å²) in [6.07, 6.45) is 0. The van der Waals surface area contributed by atoms with E-state index in [0.29, 0.717) is 9.42 Å². The summed E-state index contributed by atoms with van der Waals surface area (Å²) < 4.78 is 27.7. The van der Waals surface area contributed by atoms with Crippen LogP contribution in [0.2, 0.25) is 32.7 Å². The van der Waals surface area contributed by atoms with Crippen molar-refractivity contribution in [2.75, 3.05) is 0 Å². The Kier molecular flexibility index (Phi) is 5.61. The van der Waals surface area contributed by atoms with Crippen LogP contribution < -0.4 is 5.19 Å². The average Bonchev–Trinajstić information content (AvgIpc) is 2.53. The van der Waals surface area contributed by atoms with E-state index in [1.165, 1.54) is 0 Å². The van der Waals surface area contributed by atoms with Crippen molar-refractivity contribution < 1.29 is 8.42 Å². The summed E-state index contributed by atoms with van der Waals surface area (Å²) in [4.78, 5) is 0.402. The van der Waals surface area contributed by atoms with Crippen LogP contribution >= 0.6 is 0 Å². The van der Waals surface area contributed by atoms with Crippen molar-refractivity contribution in [2.45, 2.75) is 44.6 Å². The van der Waals surface area contributed by atoms with Crippen molar-refractivity contribution >= 4 is 31.2 Å². The van der Waals surface area contributed by atoms with Crippen molar-refractivity contribution in [1.82, 2.24) is 0 Å². The Hall–Kier alpha value is -1.44. The number of rotatable bonds is 5. The topological polar surface area (TPSA) is 34.1 Å². The van der Waals surface area contributed by atoms with E-state index in [0.717, 1.165) is 10.8 Å². The fraction of sp³-hybridized carbons (Fsp3) is 0.300.